The minimum absolute atomic E-state index is 0.121. The Balaban J connectivity index is 1.80. The minimum Gasteiger partial charge on any atom is -0.481 e. The maximum Gasteiger partial charge on any atom is 0.308 e. The Morgan fingerprint density at radius 3 is 2.79 bits per heavy atom. The van der Waals surface area contributed by atoms with Crippen molar-refractivity contribution < 1.29 is 14.7 Å². The Hall–Kier alpha value is -2.34. The third-order valence-electron chi connectivity index (χ3n) is 4.02. The van der Waals surface area contributed by atoms with Crippen molar-refractivity contribution in [2.75, 3.05) is 6.54 Å². The van der Waals surface area contributed by atoms with Crippen LogP contribution in [0.2, 0.25) is 5.02 Å². The molecule has 3 rings (SSSR count). The third kappa shape index (κ3) is 3.59. The highest BCUT2D eigenvalue weighted by molar-refractivity contribution is 6.30. The number of aliphatic carboxylic acids is 1. The highest BCUT2D eigenvalue weighted by Gasteiger charge is 2.35. The van der Waals surface area contributed by atoms with Crippen LogP contribution >= 0.6 is 11.6 Å². The van der Waals surface area contributed by atoms with Gasteiger partial charge < -0.3 is 10.0 Å². The number of carbonyl (C=O) groups is 2. The van der Waals surface area contributed by atoms with E-state index in [1.165, 1.54) is 0 Å². The Bertz CT molecular complexity index is 770. The molecule has 7 heteroatoms. The van der Waals surface area contributed by atoms with E-state index < -0.39 is 11.9 Å². The smallest absolute Gasteiger partial charge is 0.308 e. The third-order valence-corrected chi connectivity index (χ3v) is 4.26. The molecule has 1 aromatic heterocycles. The number of nitrogens with zero attached hydrogens (tertiary/aromatic N) is 3. The van der Waals surface area contributed by atoms with Crippen LogP contribution in [0.1, 0.15) is 30.3 Å². The second-order valence-corrected chi connectivity index (χ2v) is 6.49. The molecule has 0 aliphatic heterocycles. The number of hydrogen-bond acceptors (Lipinski definition) is 3. The quantitative estimate of drug-likeness (QED) is 0.871. The van der Waals surface area contributed by atoms with E-state index in [0.717, 1.165) is 18.5 Å². The number of aromatic nitrogens is 2. The van der Waals surface area contributed by atoms with Gasteiger partial charge >= 0.3 is 5.97 Å². The van der Waals surface area contributed by atoms with Crippen LogP contribution in [0.5, 0.6) is 0 Å². The van der Waals surface area contributed by atoms with E-state index in [2.05, 4.69) is 5.10 Å². The van der Waals surface area contributed by atoms with Crippen LogP contribution in [0.25, 0.3) is 5.69 Å². The van der Waals surface area contributed by atoms with Crippen LogP contribution in [0.4, 0.5) is 0 Å². The van der Waals surface area contributed by atoms with E-state index >= 15 is 0 Å². The van der Waals surface area contributed by atoms with Crippen molar-refractivity contribution in [3.8, 4) is 5.69 Å². The van der Waals surface area contributed by atoms with Gasteiger partial charge in [0.25, 0.3) is 5.91 Å². The predicted octanol–water partition coefficient (Wildman–Crippen LogP) is 2.85. The first-order chi connectivity index (χ1) is 11.5. The second-order valence-electron chi connectivity index (χ2n) is 6.05. The Labute approximate surface area is 144 Å². The molecule has 1 aliphatic carbocycles. The van der Waals surface area contributed by atoms with Crippen molar-refractivity contribution in [2.24, 2.45) is 5.92 Å². The molecular weight excluding hydrogens is 330 g/mol. The van der Waals surface area contributed by atoms with Gasteiger partial charge in [-0.3, -0.25) is 9.59 Å². The summed E-state index contributed by atoms with van der Waals surface area (Å²) < 4.78 is 1.59. The molecule has 0 radical (unpaired) electrons. The number of carboxylic acids is 1. The van der Waals surface area contributed by atoms with Crippen molar-refractivity contribution in [1.29, 1.82) is 0 Å². The average Bonchev–Trinajstić information content (AvgIpc) is 3.27. The van der Waals surface area contributed by atoms with Crippen LogP contribution in [-0.2, 0) is 4.79 Å². The van der Waals surface area contributed by atoms with Gasteiger partial charge in [-0.05, 0) is 37.1 Å². The number of carbonyl (C=O) groups excluding carboxylic acids is 1. The normalized spacial score (nSPS) is 15.1. The number of hydrogen-bond donors (Lipinski definition) is 1. The molecule has 0 spiro atoms. The topological polar surface area (TPSA) is 75.4 Å². The van der Waals surface area contributed by atoms with Crippen molar-refractivity contribution in [2.45, 2.75) is 25.8 Å². The van der Waals surface area contributed by atoms with Gasteiger partial charge in [0, 0.05) is 23.8 Å². The molecule has 1 fully saturated rings. The molecule has 24 heavy (non-hydrogen) atoms. The summed E-state index contributed by atoms with van der Waals surface area (Å²) in [5.41, 5.74) is 1.07. The van der Waals surface area contributed by atoms with Crippen molar-refractivity contribution in [3.63, 3.8) is 0 Å². The van der Waals surface area contributed by atoms with Gasteiger partial charge in [-0.15, -0.1) is 0 Å². The van der Waals surface area contributed by atoms with E-state index in [0.29, 0.717) is 10.7 Å². The summed E-state index contributed by atoms with van der Waals surface area (Å²) in [7, 11) is 0. The van der Waals surface area contributed by atoms with Gasteiger partial charge in [-0.1, -0.05) is 24.6 Å². The first-order valence-electron chi connectivity index (χ1n) is 7.81. The lowest BCUT2D eigenvalue weighted by atomic mass is 10.1. The minimum atomic E-state index is -0.905. The zero-order chi connectivity index (χ0) is 17.3. The Morgan fingerprint density at radius 2 is 2.17 bits per heavy atom. The molecule has 1 N–H and O–H groups in total. The fourth-order valence-corrected chi connectivity index (χ4v) is 2.69. The monoisotopic (exact) mass is 347 g/mol. The number of benzene rings is 1. The predicted molar refractivity (Wildman–Crippen MR) is 89.4 cm³/mol. The molecule has 1 aromatic carbocycles. The maximum absolute atomic E-state index is 12.7. The zero-order valence-electron chi connectivity index (χ0n) is 13.2. The van der Waals surface area contributed by atoms with Crippen molar-refractivity contribution in [1.82, 2.24) is 14.7 Å². The molecule has 1 unspecified atom stereocenters. The fourth-order valence-electron chi connectivity index (χ4n) is 2.50. The Kier molecular flexibility index (Phi) is 4.57. The summed E-state index contributed by atoms with van der Waals surface area (Å²) in [5.74, 6) is -1.74. The van der Waals surface area contributed by atoms with Gasteiger partial charge in [0.15, 0.2) is 5.69 Å². The zero-order valence-corrected chi connectivity index (χ0v) is 14.0. The molecule has 1 amide bonds. The summed E-state index contributed by atoms with van der Waals surface area (Å²) in [6, 6.07) is 8.95. The van der Waals surface area contributed by atoms with Gasteiger partial charge in [0.2, 0.25) is 0 Å². The number of rotatable bonds is 6. The van der Waals surface area contributed by atoms with E-state index in [1.807, 2.05) is 12.1 Å². The second kappa shape index (κ2) is 6.65. The molecule has 1 aliphatic rings. The highest BCUT2D eigenvalue weighted by Crippen LogP contribution is 2.29. The van der Waals surface area contributed by atoms with Crippen LogP contribution in [0, 0.1) is 5.92 Å². The van der Waals surface area contributed by atoms with Crippen LogP contribution in [-0.4, -0.2) is 44.3 Å². The molecule has 0 bridgehead atoms. The Morgan fingerprint density at radius 1 is 1.42 bits per heavy atom. The average molecular weight is 348 g/mol. The molecule has 1 atom stereocenters. The lowest BCUT2D eigenvalue weighted by Crippen LogP contribution is -2.38. The lowest BCUT2D eigenvalue weighted by molar-refractivity contribution is -0.141. The summed E-state index contributed by atoms with van der Waals surface area (Å²) >= 11 is 5.98. The molecule has 126 valence electrons. The molecule has 2 aromatic rings. The van der Waals surface area contributed by atoms with Crippen LogP contribution in [0.15, 0.2) is 36.5 Å². The van der Waals surface area contributed by atoms with E-state index in [9.17, 15) is 9.59 Å². The van der Waals surface area contributed by atoms with Crippen LogP contribution in [0.3, 0.4) is 0 Å². The molecular formula is C17H18ClN3O3. The lowest BCUT2D eigenvalue weighted by Gasteiger charge is -2.23. The van der Waals surface area contributed by atoms with Gasteiger partial charge in [-0.25, -0.2) is 4.68 Å². The summed E-state index contributed by atoms with van der Waals surface area (Å²) in [6.07, 6.45) is 3.52. The highest BCUT2D eigenvalue weighted by atomic mass is 35.5. The van der Waals surface area contributed by atoms with Crippen molar-refractivity contribution >= 4 is 23.5 Å². The number of halogens is 1. The molecule has 6 nitrogen and oxygen atoms in total. The largest absolute Gasteiger partial charge is 0.481 e. The fraction of sp³-hybridized carbons (Fsp3) is 0.353. The van der Waals surface area contributed by atoms with Gasteiger partial charge in [0.05, 0.1) is 11.6 Å². The van der Waals surface area contributed by atoms with Gasteiger partial charge in [0.1, 0.15) is 0 Å². The molecule has 1 heterocycles. The molecule has 0 saturated heterocycles. The number of carboxylic acid groups (broad SMARTS) is 1. The first-order valence-corrected chi connectivity index (χ1v) is 8.19. The maximum atomic E-state index is 12.7. The number of amides is 1. The summed E-state index contributed by atoms with van der Waals surface area (Å²) in [4.78, 5) is 25.4. The summed E-state index contributed by atoms with van der Waals surface area (Å²) in [6.45, 7) is 1.80. The standard InChI is InChI=1S/C17H18ClN3O3/c1-11(17(23)24)10-20(13-5-6-13)16(22)15-7-8-21(19-15)14-4-2-3-12(18)9-14/h2-4,7-9,11,13H,5-6,10H2,1H3,(H,23,24). The first kappa shape index (κ1) is 16.5. The van der Waals surface area contributed by atoms with Crippen LogP contribution < -0.4 is 0 Å². The van der Waals surface area contributed by atoms with E-state index in [-0.39, 0.29) is 18.5 Å². The SMILES string of the molecule is CC(CN(C(=O)c1ccn(-c2cccc(Cl)c2)n1)C1CC1)C(=O)O. The van der Waals surface area contributed by atoms with Crippen molar-refractivity contribution in [3.05, 3.63) is 47.2 Å². The summed E-state index contributed by atoms with van der Waals surface area (Å²) in [5, 5.41) is 14.0. The van der Waals surface area contributed by atoms with E-state index in [4.69, 9.17) is 16.7 Å². The van der Waals surface area contributed by atoms with Gasteiger partial charge in [-0.2, -0.15) is 5.10 Å². The molecule has 1 saturated carbocycles. The van der Waals surface area contributed by atoms with E-state index in [1.54, 1.807) is 40.9 Å².